The van der Waals surface area contributed by atoms with Crippen LogP contribution in [0.5, 0.6) is 0 Å². The van der Waals surface area contributed by atoms with Gasteiger partial charge in [-0.3, -0.25) is 19.8 Å². The molecule has 3 saturated heterocycles. The van der Waals surface area contributed by atoms with Crippen molar-refractivity contribution in [3.05, 3.63) is 40.6 Å². The van der Waals surface area contributed by atoms with Crippen molar-refractivity contribution in [3.8, 4) is 0 Å². The highest BCUT2D eigenvalue weighted by Crippen LogP contribution is 2.39. The number of fused-ring (bicyclic) bond motifs is 2. The molecule has 0 spiro atoms. The second-order valence-electron chi connectivity index (χ2n) is 10.4. The van der Waals surface area contributed by atoms with Crippen LogP contribution in [0.25, 0.3) is 0 Å². The van der Waals surface area contributed by atoms with E-state index in [2.05, 4.69) is 26.1 Å². The number of rotatable bonds is 5. The molecule has 4 amide bonds. The number of urea groups is 1. The van der Waals surface area contributed by atoms with Gasteiger partial charge in [0, 0.05) is 70.0 Å². The van der Waals surface area contributed by atoms with Crippen molar-refractivity contribution in [3.63, 3.8) is 0 Å². The minimum atomic E-state index is -0.537. The van der Waals surface area contributed by atoms with E-state index in [9.17, 15) is 14.4 Å². The number of benzene rings is 1. The number of anilines is 2. The van der Waals surface area contributed by atoms with Crippen LogP contribution in [0.15, 0.2) is 23.1 Å². The van der Waals surface area contributed by atoms with Crippen LogP contribution in [-0.4, -0.2) is 94.3 Å². The Hall–Kier alpha value is -3.38. The van der Waals surface area contributed by atoms with Crippen LogP contribution in [0.4, 0.5) is 16.6 Å². The Bertz CT molecular complexity index is 1320. The molecule has 3 fully saturated rings. The summed E-state index contributed by atoms with van der Waals surface area (Å²) in [6.45, 7) is 7.18. The second kappa shape index (κ2) is 9.42. The smallest absolute Gasteiger partial charge is 0.342 e. The largest absolute Gasteiger partial charge is 0.353 e. The molecule has 1 N–H and O–H groups in total. The Kier molecular flexibility index (Phi) is 5.88. The van der Waals surface area contributed by atoms with Gasteiger partial charge in [-0.2, -0.15) is 4.98 Å². The number of hydrazine groups is 1. The van der Waals surface area contributed by atoms with E-state index in [0.29, 0.717) is 12.1 Å². The van der Waals surface area contributed by atoms with Crippen molar-refractivity contribution in [2.45, 2.75) is 37.2 Å². The van der Waals surface area contributed by atoms with E-state index in [4.69, 9.17) is 9.97 Å². The highest BCUT2D eigenvalue weighted by molar-refractivity contribution is 7.99. The number of carbonyl (C=O) groups is 3. The van der Waals surface area contributed by atoms with Crippen molar-refractivity contribution in [2.75, 3.05) is 61.4 Å². The Labute approximate surface area is 225 Å². The van der Waals surface area contributed by atoms with E-state index >= 15 is 0 Å². The van der Waals surface area contributed by atoms with Crippen LogP contribution in [0.3, 0.4) is 0 Å². The fourth-order valence-electron chi connectivity index (χ4n) is 5.72. The summed E-state index contributed by atoms with van der Waals surface area (Å²) in [4.78, 5) is 55.0. The van der Waals surface area contributed by atoms with Crippen LogP contribution in [0, 0.1) is 0 Å². The van der Waals surface area contributed by atoms with Crippen molar-refractivity contribution in [2.24, 2.45) is 0 Å². The molecule has 12 heteroatoms. The Morgan fingerprint density at radius 3 is 2.50 bits per heavy atom. The molecule has 1 aromatic heterocycles. The molecule has 38 heavy (non-hydrogen) atoms. The predicted molar refractivity (Wildman–Crippen MR) is 142 cm³/mol. The molecule has 1 aromatic carbocycles. The number of imide groups is 1. The monoisotopic (exact) mass is 534 g/mol. The average molecular weight is 535 g/mol. The third-order valence-corrected chi connectivity index (χ3v) is 9.10. The van der Waals surface area contributed by atoms with E-state index < -0.39 is 6.03 Å². The Balaban J connectivity index is 1.01. The molecule has 11 nitrogen and oxygen atoms in total. The molecular formula is C26H30N8O3S. The molecule has 6 heterocycles. The SMILES string of the molecule is O=C1CCN(N2Cc3cc(CN4CCN(c5nc(N6CCC6)nc6c5SCC6)CC4)ccc3C2=O)C(=O)N1. The molecule has 0 radical (unpaired) electrons. The second-order valence-corrected chi connectivity index (χ2v) is 11.5. The van der Waals surface area contributed by atoms with Gasteiger partial charge in [-0.05, 0) is 23.6 Å². The summed E-state index contributed by atoms with van der Waals surface area (Å²) in [6.07, 6.45) is 2.43. The fraction of sp³-hybridized carbons (Fsp3) is 0.500. The molecule has 0 unspecified atom stereocenters. The van der Waals surface area contributed by atoms with E-state index in [1.54, 1.807) is 0 Å². The third-order valence-electron chi connectivity index (χ3n) is 7.99. The first-order chi connectivity index (χ1) is 18.5. The normalized spacial score (nSPS) is 21.5. The van der Waals surface area contributed by atoms with Gasteiger partial charge in [0.2, 0.25) is 11.9 Å². The highest BCUT2D eigenvalue weighted by atomic mass is 32.2. The number of hydrogen-bond acceptors (Lipinski definition) is 9. The lowest BCUT2D eigenvalue weighted by Crippen LogP contribution is -2.56. The lowest BCUT2D eigenvalue weighted by atomic mass is 10.1. The van der Waals surface area contributed by atoms with Crippen molar-refractivity contribution in [1.82, 2.24) is 30.2 Å². The lowest BCUT2D eigenvalue weighted by Gasteiger charge is -2.37. The Morgan fingerprint density at radius 1 is 0.895 bits per heavy atom. The summed E-state index contributed by atoms with van der Waals surface area (Å²) in [6, 6.07) is 5.43. The van der Waals surface area contributed by atoms with Crippen LogP contribution in [0.1, 0.15) is 40.0 Å². The summed E-state index contributed by atoms with van der Waals surface area (Å²) in [5, 5.41) is 5.09. The van der Waals surface area contributed by atoms with Crippen LogP contribution < -0.4 is 15.1 Å². The summed E-state index contributed by atoms with van der Waals surface area (Å²) in [5.74, 6) is 2.58. The van der Waals surface area contributed by atoms with Crippen molar-refractivity contribution < 1.29 is 14.4 Å². The quantitative estimate of drug-likeness (QED) is 0.611. The highest BCUT2D eigenvalue weighted by Gasteiger charge is 2.37. The number of aryl methyl sites for hydroxylation is 1. The maximum Gasteiger partial charge on any atom is 0.342 e. The molecular weight excluding hydrogens is 504 g/mol. The molecule has 0 aliphatic carbocycles. The summed E-state index contributed by atoms with van der Waals surface area (Å²) < 4.78 is 0. The Morgan fingerprint density at radius 2 is 1.74 bits per heavy atom. The molecule has 0 bridgehead atoms. The fourth-order valence-corrected chi connectivity index (χ4v) is 6.84. The summed E-state index contributed by atoms with van der Waals surface area (Å²) >= 11 is 1.88. The third kappa shape index (κ3) is 4.15. The van der Waals surface area contributed by atoms with Crippen LogP contribution in [0.2, 0.25) is 0 Å². The van der Waals surface area contributed by atoms with Gasteiger partial charge in [0.25, 0.3) is 5.91 Å². The number of piperazine rings is 1. The standard InChI is InChI=1S/C26H30N8O3S/c35-21-4-8-33(26(37)28-21)34-16-18-14-17(2-3-19(18)24(34)36)15-30-9-11-31(12-10-30)23-22-20(5-13-38-22)27-25(29-23)32-6-1-7-32/h2-3,14H,1,4-13,15-16H2,(H,28,35,37). The average Bonchev–Trinajstić information content (AvgIpc) is 3.47. The molecule has 5 aliphatic heterocycles. The summed E-state index contributed by atoms with van der Waals surface area (Å²) in [7, 11) is 0. The molecule has 2 aromatic rings. The van der Waals surface area contributed by atoms with E-state index in [1.807, 2.05) is 23.9 Å². The van der Waals surface area contributed by atoms with Gasteiger partial charge < -0.3 is 9.80 Å². The van der Waals surface area contributed by atoms with Gasteiger partial charge in [0.05, 0.1) is 23.7 Å². The molecule has 7 rings (SSSR count). The number of nitrogens with one attached hydrogen (secondary N) is 1. The minimum Gasteiger partial charge on any atom is -0.353 e. The number of hydrogen-bond donors (Lipinski definition) is 1. The van der Waals surface area contributed by atoms with E-state index in [0.717, 1.165) is 80.9 Å². The van der Waals surface area contributed by atoms with Crippen LogP contribution >= 0.6 is 11.8 Å². The number of carbonyl (C=O) groups excluding carboxylic acids is 3. The van der Waals surface area contributed by atoms with Gasteiger partial charge in [-0.15, -0.1) is 11.8 Å². The summed E-state index contributed by atoms with van der Waals surface area (Å²) in [5.41, 5.74) is 3.91. The minimum absolute atomic E-state index is 0.194. The maximum absolute atomic E-state index is 13.0. The van der Waals surface area contributed by atoms with Gasteiger partial charge >= 0.3 is 6.03 Å². The van der Waals surface area contributed by atoms with Gasteiger partial charge in [-0.25, -0.2) is 19.8 Å². The first-order valence-corrected chi connectivity index (χ1v) is 14.3. The van der Waals surface area contributed by atoms with Crippen LogP contribution in [-0.2, 0) is 24.3 Å². The lowest BCUT2D eigenvalue weighted by molar-refractivity contribution is -0.123. The van der Waals surface area contributed by atoms with Gasteiger partial charge in [0.15, 0.2) is 0 Å². The zero-order chi connectivity index (χ0) is 25.8. The van der Waals surface area contributed by atoms with E-state index in [1.165, 1.54) is 27.0 Å². The molecule has 198 valence electrons. The zero-order valence-electron chi connectivity index (χ0n) is 21.2. The van der Waals surface area contributed by atoms with Crippen molar-refractivity contribution in [1.29, 1.82) is 0 Å². The van der Waals surface area contributed by atoms with Gasteiger partial charge in [0.1, 0.15) is 5.82 Å². The predicted octanol–water partition coefficient (Wildman–Crippen LogP) is 1.47. The number of nitrogens with zero attached hydrogens (tertiary/aromatic N) is 7. The number of thioether (sulfide) groups is 1. The molecule has 5 aliphatic rings. The maximum atomic E-state index is 13.0. The zero-order valence-corrected chi connectivity index (χ0v) is 22.0. The first-order valence-electron chi connectivity index (χ1n) is 13.3. The number of amides is 4. The van der Waals surface area contributed by atoms with Gasteiger partial charge in [-0.1, -0.05) is 12.1 Å². The molecule has 0 saturated carbocycles. The number of aromatic nitrogens is 2. The van der Waals surface area contributed by atoms with Crippen molar-refractivity contribution >= 4 is 41.4 Å². The first kappa shape index (κ1) is 23.7. The molecule has 0 atom stereocenters. The topological polar surface area (TPSA) is 105 Å². The van der Waals surface area contributed by atoms with E-state index in [-0.39, 0.29) is 24.8 Å².